The van der Waals surface area contributed by atoms with Crippen LogP contribution in [0.25, 0.3) is 0 Å². The number of hydrogen-bond acceptors (Lipinski definition) is 5. The van der Waals surface area contributed by atoms with Crippen LogP contribution in [0.15, 0.2) is 5.16 Å². The number of aromatic nitrogens is 3. The number of carboxylic acids is 1. The first-order chi connectivity index (χ1) is 7.42. The van der Waals surface area contributed by atoms with E-state index in [-0.39, 0.29) is 0 Å². The lowest BCUT2D eigenvalue weighted by Gasteiger charge is -2.18. The second kappa shape index (κ2) is 5.31. The highest BCUT2D eigenvalue weighted by Gasteiger charge is 2.26. The van der Waals surface area contributed by atoms with E-state index in [1.165, 1.54) is 18.7 Å². The van der Waals surface area contributed by atoms with Crippen LogP contribution in [0.5, 0.6) is 0 Å². The van der Waals surface area contributed by atoms with Gasteiger partial charge in [-0.2, -0.15) is 0 Å². The molecule has 0 aliphatic carbocycles. The van der Waals surface area contributed by atoms with Crippen LogP contribution in [0.2, 0.25) is 0 Å². The molecular weight excluding hydrogens is 228 g/mol. The van der Waals surface area contributed by atoms with Crippen LogP contribution in [0.1, 0.15) is 25.6 Å². The molecule has 90 valence electrons. The predicted molar refractivity (Wildman–Crippen MR) is 61.3 cm³/mol. The van der Waals surface area contributed by atoms with Gasteiger partial charge in [-0.05, 0) is 26.7 Å². The van der Waals surface area contributed by atoms with Gasteiger partial charge in [-0.1, -0.05) is 11.8 Å². The van der Waals surface area contributed by atoms with Crippen LogP contribution in [0.4, 0.5) is 0 Å². The van der Waals surface area contributed by atoms with Crippen molar-refractivity contribution in [3.8, 4) is 0 Å². The third-order valence-electron chi connectivity index (χ3n) is 2.14. The van der Waals surface area contributed by atoms with Gasteiger partial charge in [-0.3, -0.25) is 9.89 Å². The second-order valence-corrected chi connectivity index (χ2v) is 4.94. The van der Waals surface area contributed by atoms with Crippen LogP contribution in [-0.4, -0.2) is 37.5 Å². The second-order valence-electron chi connectivity index (χ2n) is 3.88. The van der Waals surface area contributed by atoms with Gasteiger partial charge in [0.15, 0.2) is 0 Å². The number of carboxylic acid groups (broad SMARTS) is 1. The molecule has 0 radical (unpaired) electrons. The monoisotopic (exact) mass is 244 g/mol. The summed E-state index contributed by atoms with van der Waals surface area (Å²) in [5, 5.41) is 16.2. The molecule has 0 saturated heterocycles. The third kappa shape index (κ3) is 3.82. The van der Waals surface area contributed by atoms with Crippen molar-refractivity contribution in [3.05, 3.63) is 5.82 Å². The molecule has 0 fully saturated rings. The van der Waals surface area contributed by atoms with Crippen molar-refractivity contribution in [2.45, 2.75) is 37.4 Å². The van der Waals surface area contributed by atoms with Crippen molar-refractivity contribution >= 4 is 17.7 Å². The number of carbonyl (C=O) groups is 1. The van der Waals surface area contributed by atoms with E-state index < -0.39 is 11.5 Å². The fourth-order valence-corrected chi connectivity index (χ4v) is 1.88. The SMILES string of the molecule is Cc1nc(SCCCC(C)(N)C(=O)O)n[nH]1. The zero-order valence-corrected chi connectivity index (χ0v) is 10.2. The standard InChI is InChI=1S/C9H16N4O2S/c1-6-11-8(13-12-6)16-5-3-4-9(2,10)7(14)15/h3-5,10H2,1-2H3,(H,14,15)(H,11,12,13). The number of nitrogens with two attached hydrogens (primary N) is 1. The molecule has 0 aliphatic rings. The third-order valence-corrected chi connectivity index (χ3v) is 3.07. The normalized spacial score (nSPS) is 14.7. The van der Waals surface area contributed by atoms with Crippen molar-refractivity contribution in [2.24, 2.45) is 5.73 Å². The molecule has 0 amide bonds. The zero-order chi connectivity index (χ0) is 12.2. The van der Waals surface area contributed by atoms with Crippen LogP contribution in [0.3, 0.4) is 0 Å². The summed E-state index contributed by atoms with van der Waals surface area (Å²) in [4.78, 5) is 14.9. The number of hydrogen-bond donors (Lipinski definition) is 3. The van der Waals surface area contributed by atoms with Crippen molar-refractivity contribution in [3.63, 3.8) is 0 Å². The summed E-state index contributed by atoms with van der Waals surface area (Å²) in [5.41, 5.74) is 4.45. The molecule has 0 aromatic carbocycles. The summed E-state index contributed by atoms with van der Waals surface area (Å²) in [6.07, 6.45) is 1.16. The van der Waals surface area contributed by atoms with Crippen molar-refractivity contribution in [1.82, 2.24) is 15.2 Å². The Morgan fingerprint density at radius 1 is 1.69 bits per heavy atom. The molecule has 16 heavy (non-hydrogen) atoms. The van der Waals surface area contributed by atoms with E-state index in [0.29, 0.717) is 11.6 Å². The lowest BCUT2D eigenvalue weighted by atomic mass is 9.98. The largest absolute Gasteiger partial charge is 0.480 e. The van der Waals surface area contributed by atoms with Crippen molar-refractivity contribution in [1.29, 1.82) is 0 Å². The smallest absolute Gasteiger partial charge is 0.323 e. The maximum absolute atomic E-state index is 10.7. The maximum Gasteiger partial charge on any atom is 0.323 e. The van der Waals surface area contributed by atoms with Gasteiger partial charge in [0.2, 0.25) is 5.16 Å². The Hall–Kier alpha value is -1.08. The first-order valence-electron chi connectivity index (χ1n) is 4.96. The van der Waals surface area contributed by atoms with Gasteiger partial charge in [0, 0.05) is 5.75 Å². The molecule has 1 unspecified atom stereocenters. The van der Waals surface area contributed by atoms with E-state index in [0.717, 1.165) is 18.0 Å². The molecule has 0 spiro atoms. The molecule has 0 aliphatic heterocycles. The number of H-pyrrole nitrogens is 1. The Balaban J connectivity index is 2.24. The van der Waals surface area contributed by atoms with Crippen molar-refractivity contribution in [2.75, 3.05) is 5.75 Å². The quantitative estimate of drug-likeness (QED) is 0.504. The van der Waals surface area contributed by atoms with E-state index >= 15 is 0 Å². The highest BCUT2D eigenvalue weighted by Crippen LogP contribution is 2.17. The van der Waals surface area contributed by atoms with Gasteiger partial charge in [-0.15, -0.1) is 5.10 Å². The number of nitrogens with zero attached hydrogens (tertiary/aromatic N) is 2. The first-order valence-corrected chi connectivity index (χ1v) is 5.94. The average molecular weight is 244 g/mol. The van der Waals surface area contributed by atoms with Crippen molar-refractivity contribution < 1.29 is 9.90 Å². The highest BCUT2D eigenvalue weighted by atomic mass is 32.2. The predicted octanol–water partition coefficient (Wildman–Crippen LogP) is 0.787. The first kappa shape index (κ1) is 13.0. The summed E-state index contributed by atoms with van der Waals surface area (Å²) < 4.78 is 0. The average Bonchev–Trinajstić information content (AvgIpc) is 2.59. The Morgan fingerprint density at radius 3 is 2.88 bits per heavy atom. The van der Waals surface area contributed by atoms with E-state index in [1.54, 1.807) is 0 Å². The summed E-state index contributed by atoms with van der Waals surface area (Å²) in [6.45, 7) is 3.36. The molecule has 1 atom stereocenters. The molecule has 6 nitrogen and oxygen atoms in total. The molecule has 1 heterocycles. The number of nitrogens with one attached hydrogen (secondary N) is 1. The van der Waals surface area contributed by atoms with Crippen LogP contribution in [-0.2, 0) is 4.79 Å². The molecule has 0 saturated carbocycles. The van der Waals surface area contributed by atoms with E-state index in [1.807, 2.05) is 6.92 Å². The summed E-state index contributed by atoms with van der Waals surface area (Å²) in [7, 11) is 0. The van der Waals surface area contributed by atoms with Crippen LogP contribution >= 0.6 is 11.8 Å². The number of aromatic amines is 1. The van der Waals surface area contributed by atoms with Crippen LogP contribution in [0, 0.1) is 6.92 Å². The minimum atomic E-state index is -1.14. The lowest BCUT2D eigenvalue weighted by Crippen LogP contribution is -2.44. The molecule has 1 aromatic rings. The fourth-order valence-electron chi connectivity index (χ4n) is 1.10. The molecule has 1 rings (SSSR count). The molecule has 1 aromatic heterocycles. The lowest BCUT2D eigenvalue weighted by molar-refractivity contribution is -0.142. The topological polar surface area (TPSA) is 105 Å². The summed E-state index contributed by atoms with van der Waals surface area (Å²) >= 11 is 1.49. The Morgan fingerprint density at radius 2 is 2.38 bits per heavy atom. The maximum atomic E-state index is 10.7. The highest BCUT2D eigenvalue weighted by molar-refractivity contribution is 7.99. The Kier molecular flexibility index (Phi) is 4.31. The Bertz CT molecular complexity index is 364. The van der Waals surface area contributed by atoms with Gasteiger partial charge in [0.25, 0.3) is 0 Å². The molecule has 4 N–H and O–H groups in total. The zero-order valence-electron chi connectivity index (χ0n) is 9.36. The number of aryl methyl sites for hydroxylation is 1. The van der Waals surface area contributed by atoms with E-state index in [4.69, 9.17) is 10.8 Å². The van der Waals surface area contributed by atoms with Gasteiger partial charge in [0.05, 0.1) is 0 Å². The summed E-state index contributed by atoms with van der Waals surface area (Å²) in [6, 6.07) is 0. The van der Waals surface area contributed by atoms with Gasteiger partial charge in [0.1, 0.15) is 11.4 Å². The Labute approximate surface area is 98.0 Å². The molecule has 7 heteroatoms. The molecule has 0 bridgehead atoms. The molecular formula is C9H16N4O2S. The van der Waals surface area contributed by atoms with E-state index in [9.17, 15) is 4.79 Å². The van der Waals surface area contributed by atoms with Gasteiger partial charge < -0.3 is 10.8 Å². The fraction of sp³-hybridized carbons (Fsp3) is 0.667. The number of aliphatic carboxylic acids is 1. The van der Waals surface area contributed by atoms with Gasteiger partial charge >= 0.3 is 5.97 Å². The van der Waals surface area contributed by atoms with E-state index in [2.05, 4.69) is 15.2 Å². The minimum Gasteiger partial charge on any atom is -0.480 e. The number of thioether (sulfide) groups is 1. The minimum absolute atomic E-state index is 0.443. The van der Waals surface area contributed by atoms with Crippen LogP contribution < -0.4 is 5.73 Å². The number of rotatable bonds is 6. The van der Waals surface area contributed by atoms with Gasteiger partial charge in [-0.25, -0.2) is 4.98 Å². The summed E-state index contributed by atoms with van der Waals surface area (Å²) in [5.74, 6) is 0.570.